The zero-order valence-corrected chi connectivity index (χ0v) is 13.9. The van der Waals surface area contributed by atoms with Crippen LogP contribution in [0.5, 0.6) is 0 Å². The number of carbonyl (C=O) groups excluding carboxylic acids is 1. The number of aromatic nitrogens is 2. The second-order valence-electron chi connectivity index (χ2n) is 6.15. The molecule has 3 rings (SSSR count). The smallest absolute Gasteiger partial charge is 0.270 e. The number of carbonyl (C=O) groups is 1. The third-order valence-electron chi connectivity index (χ3n) is 3.91. The molecule has 2 heterocycles. The number of amides is 1. The first-order valence-electron chi connectivity index (χ1n) is 7.85. The number of nitrogens with one attached hydrogen (secondary N) is 1. The maximum absolute atomic E-state index is 12.5. The highest BCUT2D eigenvalue weighted by Crippen LogP contribution is 2.18. The van der Waals surface area contributed by atoms with Crippen molar-refractivity contribution in [1.29, 1.82) is 0 Å². The van der Waals surface area contributed by atoms with Crippen molar-refractivity contribution in [3.63, 3.8) is 0 Å². The molecule has 1 aromatic carbocycles. The number of fused-ring (bicyclic) bond motifs is 1. The van der Waals surface area contributed by atoms with Crippen molar-refractivity contribution in [2.75, 3.05) is 5.32 Å². The average molecular weight is 321 g/mol. The predicted molar refractivity (Wildman–Crippen MR) is 94.7 cm³/mol. The molecule has 0 saturated heterocycles. The van der Waals surface area contributed by atoms with Gasteiger partial charge in [-0.2, -0.15) is 0 Å². The molecule has 1 N–H and O–H groups in total. The van der Waals surface area contributed by atoms with Crippen molar-refractivity contribution in [1.82, 2.24) is 9.38 Å². The standard InChI is InChI=1S/C19H19N3O2/c1-12(2)14-5-4-6-15(9-14)21-18(23)16-10-20-17-8-7-13(3)11-22(17)19(16)24/h4-12H,1-3H3,(H,21,23). The van der Waals surface area contributed by atoms with Gasteiger partial charge in [0, 0.05) is 18.1 Å². The molecule has 0 atom stereocenters. The van der Waals surface area contributed by atoms with Crippen molar-refractivity contribution in [3.05, 3.63) is 75.8 Å². The van der Waals surface area contributed by atoms with Crippen LogP contribution in [0.3, 0.4) is 0 Å². The first-order valence-corrected chi connectivity index (χ1v) is 7.85. The molecule has 122 valence electrons. The summed E-state index contributed by atoms with van der Waals surface area (Å²) in [5.74, 6) is -0.0953. The lowest BCUT2D eigenvalue weighted by Crippen LogP contribution is -2.26. The quantitative estimate of drug-likeness (QED) is 0.804. The molecular weight excluding hydrogens is 302 g/mol. The van der Waals surface area contributed by atoms with E-state index in [2.05, 4.69) is 24.1 Å². The van der Waals surface area contributed by atoms with Gasteiger partial charge in [0.1, 0.15) is 11.2 Å². The van der Waals surface area contributed by atoms with Gasteiger partial charge in [-0.25, -0.2) is 4.98 Å². The minimum atomic E-state index is -0.454. The van der Waals surface area contributed by atoms with Gasteiger partial charge in [0.15, 0.2) is 0 Å². The van der Waals surface area contributed by atoms with E-state index in [9.17, 15) is 9.59 Å². The van der Waals surface area contributed by atoms with Crippen LogP contribution >= 0.6 is 0 Å². The van der Waals surface area contributed by atoms with Gasteiger partial charge in [0.2, 0.25) is 0 Å². The highest BCUT2D eigenvalue weighted by molar-refractivity contribution is 6.03. The zero-order valence-electron chi connectivity index (χ0n) is 13.9. The van der Waals surface area contributed by atoms with Crippen LogP contribution in [-0.2, 0) is 0 Å². The topological polar surface area (TPSA) is 63.5 Å². The Kier molecular flexibility index (Phi) is 4.16. The van der Waals surface area contributed by atoms with Gasteiger partial charge in [0.05, 0.1) is 0 Å². The van der Waals surface area contributed by atoms with Crippen LogP contribution in [0.2, 0.25) is 0 Å². The van der Waals surface area contributed by atoms with Gasteiger partial charge >= 0.3 is 0 Å². The van der Waals surface area contributed by atoms with E-state index in [4.69, 9.17) is 0 Å². The molecule has 1 amide bonds. The lowest BCUT2D eigenvalue weighted by molar-refractivity contribution is 0.102. The van der Waals surface area contributed by atoms with Crippen LogP contribution < -0.4 is 10.9 Å². The lowest BCUT2D eigenvalue weighted by atomic mass is 10.0. The number of hydrogen-bond acceptors (Lipinski definition) is 3. The summed E-state index contributed by atoms with van der Waals surface area (Å²) in [4.78, 5) is 29.2. The van der Waals surface area contributed by atoms with Gasteiger partial charge < -0.3 is 5.32 Å². The number of aryl methyl sites for hydroxylation is 1. The summed E-state index contributed by atoms with van der Waals surface area (Å²) >= 11 is 0. The molecule has 5 nitrogen and oxygen atoms in total. The Balaban J connectivity index is 1.96. The van der Waals surface area contributed by atoms with Gasteiger partial charge in [0.25, 0.3) is 11.5 Å². The summed E-state index contributed by atoms with van der Waals surface area (Å²) < 4.78 is 1.40. The second-order valence-corrected chi connectivity index (χ2v) is 6.15. The van der Waals surface area contributed by atoms with E-state index < -0.39 is 5.91 Å². The molecule has 0 saturated carbocycles. The second kappa shape index (κ2) is 6.28. The number of pyridine rings is 1. The summed E-state index contributed by atoms with van der Waals surface area (Å²) in [6.45, 7) is 6.06. The third-order valence-corrected chi connectivity index (χ3v) is 3.91. The van der Waals surface area contributed by atoms with Crippen LogP contribution in [0.1, 0.15) is 41.3 Å². The predicted octanol–water partition coefficient (Wildman–Crippen LogP) is 3.38. The fourth-order valence-corrected chi connectivity index (χ4v) is 2.51. The maximum Gasteiger partial charge on any atom is 0.270 e. The van der Waals surface area contributed by atoms with E-state index in [0.29, 0.717) is 17.3 Å². The highest BCUT2D eigenvalue weighted by atomic mass is 16.2. The Morgan fingerprint density at radius 2 is 2.00 bits per heavy atom. The van der Waals surface area contributed by atoms with Crippen LogP contribution in [0, 0.1) is 6.92 Å². The summed E-state index contributed by atoms with van der Waals surface area (Å²) in [6.07, 6.45) is 3.01. The number of hydrogen-bond donors (Lipinski definition) is 1. The van der Waals surface area contributed by atoms with Gasteiger partial charge in [-0.1, -0.05) is 32.0 Å². The fraction of sp³-hybridized carbons (Fsp3) is 0.211. The monoisotopic (exact) mass is 321 g/mol. The number of rotatable bonds is 3. The van der Waals surface area contributed by atoms with Crippen molar-refractivity contribution in [2.24, 2.45) is 0 Å². The molecule has 0 aliphatic carbocycles. The Morgan fingerprint density at radius 1 is 1.21 bits per heavy atom. The van der Waals surface area contributed by atoms with Crippen LogP contribution in [0.4, 0.5) is 5.69 Å². The summed E-state index contributed by atoms with van der Waals surface area (Å²) in [5.41, 5.74) is 2.88. The van der Waals surface area contributed by atoms with Crippen molar-refractivity contribution in [3.8, 4) is 0 Å². The number of nitrogens with zero attached hydrogens (tertiary/aromatic N) is 2. The van der Waals surface area contributed by atoms with E-state index in [1.165, 1.54) is 10.6 Å². The first-order chi connectivity index (χ1) is 11.5. The maximum atomic E-state index is 12.5. The molecule has 2 aromatic heterocycles. The largest absolute Gasteiger partial charge is 0.322 e. The summed E-state index contributed by atoms with van der Waals surface area (Å²) in [7, 11) is 0. The van der Waals surface area contributed by atoms with E-state index >= 15 is 0 Å². The number of anilines is 1. The van der Waals surface area contributed by atoms with Gasteiger partial charge in [-0.05, 0) is 42.2 Å². The van der Waals surface area contributed by atoms with E-state index in [0.717, 1.165) is 11.1 Å². The van der Waals surface area contributed by atoms with E-state index in [1.807, 2.05) is 31.2 Å². The van der Waals surface area contributed by atoms with Gasteiger partial charge in [-0.15, -0.1) is 0 Å². The Labute approximate surface area is 140 Å². The minimum Gasteiger partial charge on any atom is -0.322 e. The Morgan fingerprint density at radius 3 is 2.75 bits per heavy atom. The molecule has 0 bridgehead atoms. The normalized spacial score (nSPS) is 11.0. The van der Waals surface area contributed by atoms with Crippen molar-refractivity contribution < 1.29 is 4.79 Å². The van der Waals surface area contributed by atoms with E-state index in [1.54, 1.807) is 18.3 Å². The zero-order chi connectivity index (χ0) is 17.3. The third kappa shape index (κ3) is 3.06. The average Bonchev–Trinajstić information content (AvgIpc) is 2.56. The number of benzene rings is 1. The molecule has 0 radical (unpaired) electrons. The molecule has 0 aliphatic heterocycles. The molecule has 0 fully saturated rings. The fourth-order valence-electron chi connectivity index (χ4n) is 2.51. The van der Waals surface area contributed by atoms with Crippen LogP contribution in [0.15, 0.2) is 53.6 Å². The molecule has 3 aromatic rings. The highest BCUT2D eigenvalue weighted by Gasteiger charge is 2.14. The molecule has 24 heavy (non-hydrogen) atoms. The molecule has 0 aliphatic rings. The molecule has 0 spiro atoms. The van der Waals surface area contributed by atoms with Crippen molar-refractivity contribution in [2.45, 2.75) is 26.7 Å². The van der Waals surface area contributed by atoms with Gasteiger partial charge in [-0.3, -0.25) is 14.0 Å². The molecule has 5 heteroatoms. The first kappa shape index (κ1) is 15.9. The SMILES string of the molecule is Cc1ccc2ncc(C(=O)Nc3cccc(C(C)C)c3)c(=O)n2c1. The van der Waals surface area contributed by atoms with Crippen LogP contribution in [0.25, 0.3) is 5.65 Å². The van der Waals surface area contributed by atoms with Crippen LogP contribution in [-0.4, -0.2) is 15.3 Å². The summed E-state index contributed by atoms with van der Waals surface area (Å²) in [5, 5.41) is 2.78. The molecular formula is C19H19N3O2. The minimum absolute atomic E-state index is 0.0213. The summed E-state index contributed by atoms with van der Waals surface area (Å²) in [6, 6.07) is 11.2. The lowest BCUT2D eigenvalue weighted by Gasteiger charge is -2.10. The van der Waals surface area contributed by atoms with Crippen molar-refractivity contribution >= 4 is 17.2 Å². The Hall–Kier alpha value is -2.95. The molecule has 0 unspecified atom stereocenters. The van der Waals surface area contributed by atoms with E-state index in [-0.39, 0.29) is 11.1 Å². The Bertz CT molecular complexity index is 974.